The fourth-order valence-corrected chi connectivity index (χ4v) is 2.74. The van der Waals surface area contributed by atoms with E-state index in [9.17, 15) is 9.18 Å². The first-order chi connectivity index (χ1) is 8.94. The molecule has 1 aromatic rings. The topological polar surface area (TPSA) is 32.3 Å². The highest BCUT2D eigenvalue weighted by molar-refractivity contribution is 9.10. The summed E-state index contributed by atoms with van der Waals surface area (Å²) >= 11 is 3.13. The summed E-state index contributed by atoms with van der Waals surface area (Å²) < 4.78 is 14.4. The summed E-state index contributed by atoms with van der Waals surface area (Å²) in [6.07, 6.45) is 0. The van der Waals surface area contributed by atoms with E-state index in [0.717, 1.165) is 26.2 Å². The van der Waals surface area contributed by atoms with Gasteiger partial charge in [-0.15, -0.1) is 0 Å². The van der Waals surface area contributed by atoms with Crippen LogP contribution in [0.3, 0.4) is 0 Å². The van der Waals surface area contributed by atoms with Crippen LogP contribution in [-0.4, -0.2) is 42.4 Å². The molecular formula is C14H18BrFN2O. The molecule has 0 radical (unpaired) electrons. The molecule has 1 saturated heterocycles. The Balaban J connectivity index is 2.29. The lowest BCUT2D eigenvalue weighted by Gasteiger charge is -2.40. The average Bonchev–Trinajstić information content (AvgIpc) is 2.42. The molecule has 1 aliphatic rings. The second-order valence-corrected chi connectivity index (χ2v) is 6.08. The highest BCUT2D eigenvalue weighted by Gasteiger charge is 2.37. The molecule has 0 bridgehead atoms. The lowest BCUT2D eigenvalue weighted by Crippen LogP contribution is -2.57. The zero-order valence-electron chi connectivity index (χ0n) is 11.2. The number of Topliss-reactive ketones (excluding diaryl/α,β-unsaturated/α-hetero) is 1. The molecule has 5 heteroatoms. The second-order valence-electron chi connectivity index (χ2n) is 5.23. The van der Waals surface area contributed by atoms with Gasteiger partial charge in [-0.3, -0.25) is 9.69 Å². The highest BCUT2D eigenvalue weighted by atomic mass is 79.9. The molecule has 1 aliphatic heterocycles. The van der Waals surface area contributed by atoms with Gasteiger partial charge in [0.2, 0.25) is 0 Å². The van der Waals surface area contributed by atoms with Gasteiger partial charge in [-0.05, 0) is 41.9 Å². The van der Waals surface area contributed by atoms with Crippen molar-refractivity contribution >= 4 is 21.7 Å². The van der Waals surface area contributed by atoms with E-state index < -0.39 is 11.4 Å². The Morgan fingerprint density at radius 2 is 2.00 bits per heavy atom. The predicted octanol–water partition coefficient (Wildman–Crippen LogP) is 2.45. The first-order valence-corrected chi connectivity index (χ1v) is 7.18. The van der Waals surface area contributed by atoms with Gasteiger partial charge in [0.25, 0.3) is 0 Å². The first-order valence-electron chi connectivity index (χ1n) is 6.39. The summed E-state index contributed by atoms with van der Waals surface area (Å²) in [6.45, 7) is 7.04. The van der Waals surface area contributed by atoms with Crippen LogP contribution in [0.25, 0.3) is 0 Å². The molecular weight excluding hydrogens is 311 g/mol. The quantitative estimate of drug-likeness (QED) is 0.865. The third kappa shape index (κ3) is 2.88. The van der Waals surface area contributed by atoms with Crippen molar-refractivity contribution in [3.8, 4) is 0 Å². The number of benzene rings is 1. The Morgan fingerprint density at radius 3 is 2.63 bits per heavy atom. The number of ketones is 1. The van der Waals surface area contributed by atoms with Crippen LogP contribution in [0.15, 0.2) is 22.7 Å². The maximum absolute atomic E-state index is 14.1. The monoisotopic (exact) mass is 328 g/mol. The van der Waals surface area contributed by atoms with E-state index in [2.05, 4.69) is 26.1 Å². The van der Waals surface area contributed by atoms with Crippen molar-refractivity contribution in [1.82, 2.24) is 10.2 Å². The minimum Gasteiger partial charge on any atom is -0.314 e. The lowest BCUT2D eigenvalue weighted by atomic mass is 9.90. The zero-order chi connectivity index (χ0) is 14.0. The second kappa shape index (κ2) is 5.69. The van der Waals surface area contributed by atoms with Crippen molar-refractivity contribution in [2.24, 2.45) is 0 Å². The summed E-state index contributed by atoms with van der Waals surface area (Å²) in [6, 6.07) is 4.84. The van der Waals surface area contributed by atoms with E-state index in [4.69, 9.17) is 0 Å². The van der Waals surface area contributed by atoms with Crippen molar-refractivity contribution in [1.29, 1.82) is 0 Å². The number of hydrogen-bond donors (Lipinski definition) is 1. The summed E-state index contributed by atoms with van der Waals surface area (Å²) in [5, 5.41) is 3.25. The van der Waals surface area contributed by atoms with Crippen molar-refractivity contribution in [2.45, 2.75) is 19.4 Å². The summed E-state index contributed by atoms with van der Waals surface area (Å²) in [5.41, 5.74) is -0.540. The number of nitrogens with one attached hydrogen (secondary N) is 1. The van der Waals surface area contributed by atoms with Gasteiger partial charge in [0, 0.05) is 26.2 Å². The van der Waals surface area contributed by atoms with Crippen LogP contribution < -0.4 is 5.32 Å². The molecule has 0 aliphatic carbocycles. The minimum absolute atomic E-state index is 0.151. The van der Waals surface area contributed by atoms with Gasteiger partial charge in [0.15, 0.2) is 5.78 Å². The van der Waals surface area contributed by atoms with Crippen LogP contribution in [0.1, 0.15) is 24.2 Å². The number of hydrogen-bond acceptors (Lipinski definition) is 3. The molecule has 1 N–H and O–H groups in total. The van der Waals surface area contributed by atoms with Gasteiger partial charge < -0.3 is 5.32 Å². The van der Waals surface area contributed by atoms with Crippen molar-refractivity contribution in [3.63, 3.8) is 0 Å². The summed E-state index contributed by atoms with van der Waals surface area (Å²) in [4.78, 5) is 14.7. The largest absolute Gasteiger partial charge is 0.314 e. The molecule has 0 saturated carbocycles. The molecule has 104 valence electrons. The number of halogens is 2. The van der Waals surface area contributed by atoms with Crippen LogP contribution in [-0.2, 0) is 0 Å². The summed E-state index contributed by atoms with van der Waals surface area (Å²) in [7, 11) is 0. The number of piperazine rings is 1. The molecule has 3 nitrogen and oxygen atoms in total. The standard InChI is InChI=1S/C14H18BrFN2O/c1-14(2,18-8-6-17-7-9-18)13(19)10-4-3-5-11(15)12(10)16/h3-5,17H,6-9H2,1-2H3. The Hall–Kier alpha value is -0.780. The van der Waals surface area contributed by atoms with E-state index >= 15 is 0 Å². The molecule has 1 aromatic carbocycles. The van der Waals surface area contributed by atoms with Gasteiger partial charge in [-0.25, -0.2) is 4.39 Å². The minimum atomic E-state index is -0.691. The number of carbonyl (C=O) groups excluding carboxylic acids is 1. The predicted molar refractivity (Wildman–Crippen MR) is 77.0 cm³/mol. The van der Waals surface area contributed by atoms with E-state index in [0.29, 0.717) is 4.47 Å². The molecule has 0 unspecified atom stereocenters. The first kappa shape index (κ1) is 14.6. The van der Waals surface area contributed by atoms with Gasteiger partial charge in [-0.1, -0.05) is 6.07 Å². The maximum Gasteiger partial charge on any atom is 0.185 e. The summed E-state index contributed by atoms with van der Waals surface area (Å²) in [5.74, 6) is -0.649. The van der Waals surface area contributed by atoms with E-state index in [1.807, 2.05) is 13.8 Å². The van der Waals surface area contributed by atoms with Crippen LogP contribution >= 0.6 is 15.9 Å². The zero-order valence-corrected chi connectivity index (χ0v) is 12.8. The number of carbonyl (C=O) groups is 1. The highest BCUT2D eigenvalue weighted by Crippen LogP contribution is 2.26. The lowest BCUT2D eigenvalue weighted by molar-refractivity contribution is 0.0598. The SMILES string of the molecule is CC(C)(C(=O)c1cccc(Br)c1F)N1CCNCC1. The van der Waals surface area contributed by atoms with Crippen LogP contribution in [0.4, 0.5) is 4.39 Å². The Morgan fingerprint density at radius 1 is 1.37 bits per heavy atom. The average molecular weight is 329 g/mol. The Kier molecular flexibility index (Phi) is 4.38. The molecule has 0 atom stereocenters. The fraction of sp³-hybridized carbons (Fsp3) is 0.500. The number of rotatable bonds is 3. The molecule has 19 heavy (non-hydrogen) atoms. The smallest absolute Gasteiger partial charge is 0.185 e. The van der Waals surface area contributed by atoms with Gasteiger partial charge in [-0.2, -0.15) is 0 Å². The maximum atomic E-state index is 14.1. The number of nitrogens with zero attached hydrogens (tertiary/aromatic N) is 1. The van der Waals surface area contributed by atoms with Crippen LogP contribution in [0.5, 0.6) is 0 Å². The van der Waals surface area contributed by atoms with Gasteiger partial charge >= 0.3 is 0 Å². The van der Waals surface area contributed by atoms with Crippen molar-refractivity contribution < 1.29 is 9.18 Å². The normalized spacial score (nSPS) is 17.5. The molecule has 0 spiro atoms. The van der Waals surface area contributed by atoms with E-state index in [1.54, 1.807) is 18.2 Å². The van der Waals surface area contributed by atoms with Gasteiger partial charge in [0.05, 0.1) is 15.6 Å². The molecule has 1 fully saturated rings. The van der Waals surface area contributed by atoms with Crippen molar-refractivity contribution in [2.75, 3.05) is 26.2 Å². The Labute approximate surface area is 121 Å². The van der Waals surface area contributed by atoms with E-state index in [1.165, 1.54) is 0 Å². The third-order valence-electron chi connectivity index (χ3n) is 3.66. The van der Waals surface area contributed by atoms with Crippen LogP contribution in [0.2, 0.25) is 0 Å². The van der Waals surface area contributed by atoms with Crippen molar-refractivity contribution in [3.05, 3.63) is 34.1 Å². The molecule has 0 aromatic heterocycles. The third-order valence-corrected chi connectivity index (χ3v) is 4.27. The fourth-order valence-electron chi connectivity index (χ4n) is 2.38. The van der Waals surface area contributed by atoms with Gasteiger partial charge in [0.1, 0.15) is 5.82 Å². The molecule has 2 rings (SSSR count). The Bertz CT molecular complexity index is 484. The van der Waals surface area contributed by atoms with E-state index in [-0.39, 0.29) is 11.3 Å². The molecule has 0 amide bonds. The molecule has 1 heterocycles. The van der Waals surface area contributed by atoms with Crippen LogP contribution in [0, 0.1) is 5.82 Å².